The topological polar surface area (TPSA) is 58.1 Å². The molecule has 0 unspecified atom stereocenters. The average Bonchev–Trinajstić information content (AvgIpc) is 2.87. The maximum atomic E-state index is 12.8. The van der Waals surface area contributed by atoms with Gasteiger partial charge in [0, 0.05) is 30.1 Å². The van der Waals surface area contributed by atoms with E-state index in [4.69, 9.17) is 4.98 Å². The molecule has 0 aliphatic rings. The lowest BCUT2D eigenvalue weighted by Crippen LogP contribution is -2.15. The number of hydrogen-bond acceptors (Lipinski definition) is 5. The van der Waals surface area contributed by atoms with Crippen LogP contribution in [0.5, 0.6) is 0 Å². The Labute approximate surface area is 200 Å². The van der Waals surface area contributed by atoms with Gasteiger partial charge in [-0.05, 0) is 54.8 Å². The lowest BCUT2D eigenvalue weighted by atomic mass is 10.0. The molecule has 170 valence electrons. The van der Waals surface area contributed by atoms with Gasteiger partial charge in [-0.25, -0.2) is 4.98 Å². The van der Waals surface area contributed by atoms with Crippen LogP contribution in [-0.4, -0.2) is 15.8 Å². The minimum atomic E-state index is 0.0604. The van der Waals surface area contributed by atoms with Gasteiger partial charge in [0.15, 0.2) is 5.78 Å². The van der Waals surface area contributed by atoms with Gasteiger partial charge in [0.1, 0.15) is 5.82 Å². The Morgan fingerprint density at radius 2 is 1.74 bits per heavy atom. The minimum Gasteiger partial charge on any atom is -0.348 e. The first-order valence-electron chi connectivity index (χ1n) is 11.3. The molecule has 0 fully saturated rings. The highest BCUT2D eigenvalue weighted by molar-refractivity contribution is 5.98. The second kappa shape index (κ2) is 10.6. The summed E-state index contributed by atoms with van der Waals surface area (Å²) in [6, 6.07) is 27.6. The Morgan fingerprint density at radius 1 is 1.03 bits per heavy atom. The molecule has 1 aromatic heterocycles. The molecule has 5 heteroatoms. The van der Waals surface area contributed by atoms with E-state index in [0.29, 0.717) is 23.8 Å². The molecular formula is C29H28N4O. The van der Waals surface area contributed by atoms with Crippen LogP contribution in [-0.2, 0) is 6.42 Å². The smallest absolute Gasteiger partial charge is 0.225 e. The van der Waals surface area contributed by atoms with E-state index < -0.39 is 0 Å². The number of nitrogens with one attached hydrogen (secondary N) is 1. The van der Waals surface area contributed by atoms with Crippen molar-refractivity contribution in [2.75, 3.05) is 10.2 Å². The van der Waals surface area contributed by atoms with E-state index in [1.54, 1.807) is 12.4 Å². The normalized spacial score (nSPS) is 11.5. The van der Waals surface area contributed by atoms with Gasteiger partial charge in [-0.15, -0.1) is 0 Å². The highest BCUT2D eigenvalue weighted by Gasteiger charge is 2.15. The number of benzene rings is 3. The summed E-state index contributed by atoms with van der Waals surface area (Å²) in [5.74, 6) is 1.32. The van der Waals surface area contributed by atoms with Crippen molar-refractivity contribution in [3.8, 4) is 0 Å². The summed E-state index contributed by atoms with van der Waals surface area (Å²) in [7, 11) is 0. The molecule has 0 radical (unpaired) electrons. The van der Waals surface area contributed by atoms with E-state index in [9.17, 15) is 4.79 Å². The number of aryl methyl sites for hydroxylation is 1. The third-order valence-electron chi connectivity index (χ3n) is 5.70. The van der Waals surface area contributed by atoms with Crippen molar-refractivity contribution in [2.24, 2.45) is 0 Å². The molecule has 4 aromatic rings. The molecule has 1 N–H and O–H groups in total. The van der Waals surface area contributed by atoms with Crippen LogP contribution < -0.4 is 10.2 Å². The van der Waals surface area contributed by atoms with Gasteiger partial charge in [0.25, 0.3) is 0 Å². The lowest BCUT2D eigenvalue weighted by Gasteiger charge is -2.22. The molecule has 0 amide bonds. The van der Waals surface area contributed by atoms with Crippen LogP contribution in [0.25, 0.3) is 0 Å². The van der Waals surface area contributed by atoms with Crippen molar-refractivity contribution < 1.29 is 4.79 Å². The van der Waals surface area contributed by atoms with E-state index in [1.807, 2.05) is 84.6 Å². The molecule has 0 spiro atoms. The summed E-state index contributed by atoms with van der Waals surface area (Å²) in [5.41, 5.74) is 4.73. The largest absolute Gasteiger partial charge is 0.348 e. The molecule has 0 aliphatic carbocycles. The van der Waals surface area contributed by atoms with E-state index >= 15 is 0 Å². The molecule has 5 nitrogen and oxygen atoms in total. The molecule has 34 heavy (non-hydrogen) atoms. The van der Waals surface area contributed by atoms with Crippen LogP contribution in [0.2, 0.25) is 0 Å². The number of hydrogen-bond donors (Lipinski definition) is 1. The lowest BCUT2D eigenvalue weighted by molar-refractivity contribution is 0.0993. The van der Waals surface area contributed by atoms with E-state index in [2.05, 4.69) is 35.9 Å². The second-order valence-corrected chi connectivity index (χ2v) is 8.15. The monoisotopic (exact) mass is 448 g/mol. The summed E-state index contributed by atoms with van der Waals surface area (Å²) in [6.45, 7) is 8.05. The zero-order valence-corrected chi connectivity index (χ0v) is 19.5. The number of nitrogens with zero attached hydrogens (tertiary/aromatic N) is 3. The van der Waals surface area contributed by atoms with Crippen molar-refractivity contribution in [1.29, 1.82) is 0 Å². The van der Waals surface area contributed by atoms with Crippen molar-refractivity contribution in [2.45, 2.75) is 26.3 Å². The summed E-state index contributed by atoms with van der Waals surface area (Å²) < 4.78 is 0. The van der Waals surface area contributed by atoms with Gasteiger partial charge in [-0.2, -0.15) is 4.98 Å². The van der Waals surface area contributed by atoms with Crippen molar-refractivity contribution in [3.63, 3.8) is 0 Å². The van der Waals surface area contributed by atoms with Gasteiger partial charge in [0.05, 0.1) is 6.04 Å². The highest BCUT2D eigenvalue weighted by atomic mass is 16.1. The maximum absolute atomic E-state index is 12.8. The fourth-order valence-electron chi connectivity index (χ4n) is 3.87. The third-order valence-corrected chi connectivity index (χ3v) is 5.70. The Morgan fingerprint density at radius 3 is 2.41 bits per heavy atom. The first kappa shape index (κ1) is 22.9. The fraction of sp³-hybridized carbons (Fsp3) is 0.138. The SMILES string of the molecule is C=CN(c1ccnc(N[C@@H](C)c2ccccc2)n1)c1ccc(C(=O)Cc2ccccc2)cc1C. The summed E-state index contributed by atoms with van der Waals surface area (Å²) in [4.78, 5) is 23.8. The van der Waals surface area contributed by atoms with Crippen LogP contribution in [0.3, 0.4) is 0 Å². The van der Waals surface area contributed by atoms with Gasteiger partial charge in [-0.3, -0.25) is 4.79 Å². The number of anilines is 3. The quantitative estimate of drug-likeness (QED) is 0.290. The van der Waals surface area contributed by atoms with Crippen LogP contribution in [0.1, 0.15) is 40.0 Å². The highest BCUT2D eigenvalue weighted by Crippen LogP contribution is 2.29. The van der Waals surface area contributed by atoms with Crippen molar-refractivity contribution in [3.05, 3.63) is 126 Å². The zero-order chi connectivity index (χ0) is 23.9. The number of rotatable bonds is 9. The standard InChI is InChI=1S/C29H28N4O/c1-4-33(28-17-18-30-29(32-28)31-22(3)24-13-9-6-10-14-24)26-16-15-25(19-21(26)2)27(34)20-23-11-7-5-8-12-23/h4-19,22H,1,20H2,2-3H3,(H,30,31,32)/t22-/m0/s1. The molecule has 4 rings (SSSR count). The van der Waals surface area contributed by atoms with Crippen LogP contribution in [0.15, 0.2) is 104 Å². The number of aromatic nitrogens is 2. The summed E-state index contributed by atoms with van der Waals surface area (Å²) >= 11 is 0. The maximum Gasteiger partial charge on any atom is 0.225 e. The van der Waals surface area contributed by atoms with Gasteiger partial charge >= 0.3 is 0 Å². The van der Waals surface area contributed by atoms with Crippen LogP contribution in [0, 0.1) is 6.92 Å². The third kappa shape index (κ3) is 5.38. The molecule has 0 aliphatic heterocycles. The molecule has 1 atom stereocenters. The predicted octanol–water partition coefficient (Wildman–Crippen LogP) is 6.67. The molecule has 0 saturated heterocycles. The molecule has 0 bridgehead atoms. The van der Waals surface area contributed by atoms with E-state index in [1.165, 1.54) is 0 Å². The molecular weight excluding hydrogens is 420 g/mol. The number of carbonyl (C=O) groups excluding carboxylic acids is 1. The Balaban J connectivity index is 1.53. The Hall–Kier alpha value is -4.25. The van der Waals surface area contributed by atoms with Crippen LogP contribution >= 0.6 is 0 Å². The first-order valence-corrected chi connectivity index (χ1v) is 11.3. The predicted molar refractivity (Wildman–Crippen MR) is 139 cm³/mol. The van der Waals surface area contributed by atoms with Crippen molar-refractivity contribution >= 4 is 23.2 Å². The van der Waals surface area contributed by atoms with E-state index in [-0.39, 0.29) is 11.8 Å². The number of ketones is 1. The zero-order valence-electron chi connectivity index (χ0n) is 19.5. The van der Waals surface area contributed by atoms with Gasteiger partial charge in [0.2, 0.25) is 5.95 Å². The van der Waals surface area contributed by atoms with Gasteiger partial charge in [-0.1, -0.05) is 67.2 Å². The first-order chi connectivity index (χ1) is 16.5. The number of carbonyl (C=O) groups is 1. The van der Waals surface area contributed by atoms with Crippen LogP contribution in [0.4, 0.5) is 17.5 Å². The summed E-state index contributed by atoms with van der Waals surface area (Å²) in [6.07, 6.45) is 3.83. The van der Waals surface area contributed by atoms with E-state index in [0.717, 1.165) is 22.4 Å². The minimum absolute atomic E-state index is 0.0604. The molecule has 3 aromatic carbocycles. The molecule has 0 saturated carbocycles. The molecule has 1 heterocycles. The van der Waals surface area contributed by atoms with Gasteiger partial charge < -0.3 is 10.2 Å². The number of Topliss-reactive ketones (excluding diaryl/α,β-unsaturated/α-hetero) is 1. The fourth-order valence-corrected chi connectivity index (χ4v) is 3.87. The average molecular weight is 449 g/mol. The second-order valence-electron chi connectivity index (χ2n) is 8.15. The van der Waals surface area contributed by atoms with Crippen molar-refractivity contribution in [1.82, 2.24) is 9.97 Å². The summed E-state index contributed by atoms with van der Waals surface area (Å²) in [5, 5.41) is 3.36. The Bertz CT molecular complexity index is 1270. The Kier molecular flexibility index (Phi) is 7.13.